The van der Waals surface area contributed by atoms with E-state index >= 15 is 0 Å². The van der Waals surface area contributed by atoms with E-state index in [4.69, 9.17) is 0 Å². The quantitative estimate of drug-likeness (QED) is 0.648. The zero-order chi connectivity index (χ0) is 12.7. The van der Waals surface area contributed by atoms with Crippen LogP contribution >= 0.6 is 0 Å². The van der Waals surface area contributed by atoms with Crippen LogP contribution in [0.2, 0.25) is 0 Å². The Labute approximate surface area is 104 Å². The molecule has 0 aromatic rings. The number of carbonyl (C=O) groups is 1. The van der Waals surface area contributed by atoms with Crippen molar-refractivity contribution in [3.8, 4) is 0 Å². The molecule has 1 aliphatic carbocycles. The van der Waals surface area contributed by atoms with Gasteiger partial charge >= 0.3 is 0 Å². The van der Waals surface area contributed by atoms with Crippen LogP contribution in [-0.2, 0) is 4.79 Å². The molecule has 1 aliphatic rings. The van der Waals surface area contributed by atoms with E-state index in [9.17, 15) is 9.90 Å². The number of hydrogen-bond donors (Lipinski definition) is 3. The first kappa shape index (κ1) is 14.5. The number of aliphatic hydroxyl groups is 1. The summed E-state index contributed by atoms with van der Waals surface area (Å²) in [5, 5.41) is 15.7. The SMILES string of the molecule is CCNCC(C)C(=O)NCC1CCCC(O)C1. The fourth-order valence-electron chi connectivity index (χ4n) is 2.32. The van der Waals surface area contributed by atoms with Crippen LogP contribution in [0.1, 0.15) is 39.5 Å². The van der Waals surface area contributed by atoms with Crippen molar-refractivity contribution in [2.75, 3.05) is 19.6 Å². The van der Waals surface area contributed by atoms with E-state index in [1.807, 2.05) is 13.8 Å². The van der Waals surface area contributed by atoms with E-state index in [1.54, 1.807) is 0 Å². The van der Waals surface area contributed by atoms with Gasteiger partial charge in [-0.3, -0.25) is 4.79 Å². The minimum Gasteiger partial charge on any atom is -0.393 e. The first-order valence-corrected chi connectivity index (χ1v) is 6.80. The molecular weight excluding hydrogens is 216 g/mol. The molecule has 0 aromatic heterocycles. The van der Waals surface area contributed by atoms with Gasteiger partial charge in [-0.15, -0.1) is 0 Å². The van der Waals surface area contributed by atoms with Crippen molar-refractivity contribution in [3.63, 3.8) is 0 Å². The molecule has 0 heterocycles. The third kappa shape index (κ3) is 5.50. The summed E-state index contributed by atoms with van der Waals surface area (Å²) >= 11 is 0. The van der Waals surface area contributed by atoms with E-state index in [0.29, 0.717) is 12.5 Å². The summed E-state index contributed by atoms with van der Waals surface area (Å²) in [6.45, 7) is 6.32. The molecule has 1 amide bonds. The van der Waals surface area contributed by atoms with Crippen LogP contribution in [0.4, 0.5) is 0 Å². The Morgan fingerprint density at radius 3 is 2.88 bits per heavy atom. The van der Waals surface area contributed by atoms with Gasteiger partial charge in [0.25, 0.3) is 0 Å². The average molecular weight is 242 g/mol. The number of rotatable bonds is 6. The molecule has 3 unspecified atom stereocenters. The predicted molar refractivity (Wildman–Crippen MR) is 68.7 cm³/mol. The van der Waals surface area contributed by atoms with Crippen LogP contribution in [-0.4, -0.2) is 36.8 Å². The fourth-order valence-corrected chi connectivity index (χ4v) is 2.32. The van der Waals surface area contributed by atoms with Crippen molar-refractivity contribution in [2.24, 2.45) is 11.8 Å². The summed E-state index contributed by atoms with van der Waals surface area (Å²) in [5.74, 6) is 0.587. The Balaban J connectivity index is 2.18. The van der Waals surface area contributed by atoms with Crippen molar-refractivity contribution in [3.05, 3.63) is 0 Å². The summed E-state index contributed by atoms with van der Waals surface area (Å²) in [7, 11) is 0. The molecule has 1 fully saturated rings. The van der Waals surface area contributed by atoms with E-state index in [0.717, 1.165) is 38.8 Å². The maximum absolute atomic E-state index is 11.8. The van der Waals surface area contributed by atoms with Crippen molar-refractivity contribution in [2.45, 2.75) is 45.6 Å². The summed E-state index contributed by atoms with van der Waals surface area (Å²) in [6, 6.07) is 0. The lowest BCUT2D eigenvalue weighted by Gasteiger charge is -2.26. The van der Waals surface area contributed by atoms with Gasteiger partial charge in [0.15, 0.2) is 0 Å². The summed E-state index contributed by atoms with van der Waals surface area (Å²) in [6.07, 6.45) is 3.79. The van der Waals surface area contributed by atoms with E-state index in [2.05, 4.69) is 10.6 Å². The predicted octanol–water partition coefficient (Wildman–Crippen LogP) is 0.899. The fraction of sp³-hybridized carbons (Fsp3) is 0.923. The Kier molecular flexibility index (Phi) is 6.52. The Hall–Kier alpha value is -0.610. The second-order valence-corrected chi connectivity index (χ2v) is 5.14. The second-order valence-electron chi connectivity index (χ2n) is 5.14. The van der Waals surface area contributed by atoms with Crippen LogP contribution in [0.5, 0.6) is 0 Å². The van der Waals surface area contributed by atoms with Crippen molar-refractivity contribution in [1.82, 2.24) is 10.6 Å². The smallest absolute Gasteiger partial charge is 0.224 e. The molecule has 3 atom stereocenters. The Bertz CT molecular complexity index is 233. The van der Waals surface area contributed by atoms with Gasteiger partial charge in [-0.05, 0) is 31.7 Å². The standard InChI is InChI=1S/C13H26N2O2/c1-3-14-8-10(2)13(17)15-9-11-5-4-6-12(16)7-11/h10-12,14,16H,3-9H2,1-2H3,(H,15,17). The minimum atomic E-state index is -0.162. The molecule has 4 nitrogen and oxygen atoms in total. The first-order chi connectivity index (χ1) is 8.13. The highest BCUT2D eigenvalue weighted by Gasteiger charge is 2.21. The van der Waals surface area contributed by atoms with Crippen LogP contribution in [0.25, 0.3) is 0 Å². The molecule has 1 saturated carbocycles. The second kappa shape index (κ2) is 7.67. The summed E-state index contributed by atoms with van der Waals surface area (Å²) in [4.78, 5) is 11.8. The molecule has 0 aliphatic heterocycles. The van der Waals surface area contributed by atoms with Gasteiger partial charge in [-0.25, -0.2) is 0 Å². The Morgan fingerprint density at radius 2 is 2.24 bits per heavy atom. The van der Waals surface area contributed by atoms with Gasteiger partial charge in [-0.1, -0.05) is 20.3 Å². The maximum atomic E-state index is 11.8. The van der Waals surface area contributed by atoms with Crippen molar-refractivity contribution >= 4 is 5.91 Å². The third-order valence-corrected chi connectivity index (χ3v) is 3.47. The molecule has 0 bridgehead atoms. The number of carbonyl (C=O) groups excluding carboxylic acids is 1. The number of amides is 1. The third-order valence-electron chi connectivity index (χ3n) is 3.47. The van der Waals surface area contributed by atoms with Crippen molar-refractivity contribution < 1.29 is 9.90 Å². The summed E-state index contributed by atoms with van der Waals surface area (Å²) in [5.41, 5.74) is 0. The lowest BCUT2D eigenvalue weighted by atomic mass is 9.87. The highest BCUT2D eigenvalue weighted by atomic mass is 16.3. The molecule has 0 saturated heterocycles. The molecule has 0 aromatic carbocycles. The number of aliphatic hydroxyl groups excluding tert-OH is 1. The van der Waals surface area contributed by atoms with Gasteiger partial charge in [-0.2, -0.15) is 0 Å². The highest BCUT2D eigenvalue weighted by molar-refractivity contribution is 5.78. The maximum Gasteiger partial charge on any atom is 0.224 e. The van der Waals surface area contributed by atoms with Gasteiger partial charge in [0, 0.05) is 19.0 Å². The molecule has 1 rings (SSSR count). The largest absolute Gasteiger partial charge is 0.393 e. The minimum absolute atomic E-state index is 0.0171. The monoisotopic (exact) mass is 242 g/mol. The van der Waals surface area contributed by atoms with Crippen LogP contribution in [0.15, 0.2) is 0 Å². The topological polar surface area (TPSA) is 61.4 Å². The lowest BCUT2D eigenvalue weighted by molar-refractivity contribution is -0.124. The average Bonchev–Trinajstić information content (AvgIpc) is 2.33. The van der Waals surface area contributed by atoms with Crippen LogP contribution in [0.3, 0.4) is 0 Å². The van der Waals surface area contributed by atoms with Crippen LogP contribution < -0.4 is 10.6 Å². The Morgan fingerprint density at radius 1 is 1.47 bits per heavy atom. The van der Waals surface area contributed by atoms with Gasteiger partial charge < -0.3 is 15.7 Å². The normalized spacial score (nSPS) is 26.5. The molecule has 4 heteroatoms. The molecule has 0 spiro atoms. The zero-order valence-electron chi connectivity index (χ0n) is 11.0. The molecule has 0 radical (unpaired) electrons. The number of nitrogens with one attached hydrogen (secondary N) is 2. The van der Waals surface area contributed by atoms with E-state index in [1.165, 1.54) is 0 Å². The lowest BCUT2D eigenvalue weighted by Crippen LogP contribution is -2.39. The van der Waals surface area contributed by atoms with E-state index in [-0.39, 0.29) is 17.9 Å². The van der Waals surface area contributed by atoms with Gasteiger partial charge in [0.05, 0.1) is 6.10 Å². The van der Waals surface area contributed by atoms with Crippen LogP contribution in [0, 0.1) is 11.8 Å². The highest BCUT2D eigenvalue weighted by Crippen LogP contribution is 2.23. The first-order valence-electron chi connectivity index (χ1n) is 6.80. The molecule has 100 valence electrons. The molecule has 17 heavy (non-hydrogen) atoms. The van der Waals surface area contributed by atoms with Crippen molar-refractivity contribution in [1.29, 1.82) is 0 Å². The van der Waals surface area contributed by atoms with E-state index < -0.39 is 0 Å². The summed E-state index contributed by atoms with van der Waals surface area (Å²) < 4.78 is 0. The van der Waals surface area contributed by atoms with Gasteiger partial charge in [0.1, 0.15) is 0 Å². The molecule has 3 N–H and O–H groups in total. The zero-order valence-corrected chi connectivity index (χ0v) is 11.0. The molecular formula is C13H26N2O2. The number of hydrogen-bond acceptors (Lipinski definition) is 3. The van der Waals surface area contributed by atoms with Gasteiger partial charge in [0.2, 0.25) is 5.91 Å².